The van der Waals surface area contributed by atoms with Gasteiger partial charge >= 0.3 is 0 Å². The van der Waals surface area contributed by atoms with Gasteiger partial charge in [-0.25, -0.2) is 0 Å². The first-order valence-corrected chi connectivity index (χ1v) is 18.0. The minimum atomic E-state index is -0.421. The molecule has 0 radical (unpaired) electrons. The number of ether oxygens (including phenoxy) is 1. The van der Waals surface area contributed by atoms with E-state index in [1.807, 2.05) is 33.0 Å². The van der Waals surface area contributed by atoms with Gasteiger partial charge in [0.1, 0.15) is 6.29 Å². The average molecular weight is 663 g/mol. The quantitative estimate of drug-likeness (QED) is 0.0938. The van der Waals surface area contributed by atoms with Crippen molar-refractivity contribution in [1.29, 1.82) is 0 Å². The Labute approximate surface area is 288 Å². The summed E-state index contributed by atoms with van der Waals surface area (Å²) in [6.07, 6.45) is 14.9. The standard InChI is InChI=1S/C39H58N4O5/c1-5-16-36(38(46)42-28-45)41-25-34-30(20-15-22-33(34)29(2)48-4)17-12-10-8-6-7-9-11-13-18-31-19-14-21-32(27-44)35(31)26-43(3)37-23-24-40-39(37)47/h14-15,19-22,27-29,36-37,41H,5-13,16-18,23-26H2,1-4H3,(H,40,47)(H,42,45,46). The number of benzene rings is 2. The van der Waals surface area contributed by atoms with E-state index in [4.69, 9.17) is 4.74 Å². The monoisotopic (exact) mass is 662 g/mol. The van der Waals surface area contributed by atoms with E-state index in [1.165, 1.54) is 48.8 Å². The molecule has 2 aromatic carbocycles. The number of nitrogens with one attached hydrogen (secondary N) is 3. The van der Waals surface area contributed by atoms with E-state index in [0.717, 1.165) is 67.9 Å². The van der Waals surface area contributed by atoms with Crippen LogP contribution in [0.5, 0.6) is 0 Å². The number of likely N-dealkylation sites (N-methyl/N-ethyl adjacent to an activating group) is 1. The lowest BCUT2D eigenvalue weighted by Crippen LogP contribution is -2.43. The Morgan fingerprint density at radius 2 is 1.60 bits per heavy atom. The lowest BCUT2D eigenvalue weighted by Gasteiger charge is -2.24. The molecule has 0 aliphatic carbocycles. The number of hydrogen-bond donors (Lipinski definition) is 3. The van der Waals surface area contributed by atoms with E-state index in [9.17, 15) is 19.2 Å². The number of aryl methyl sites for hydroxylation is 2. The summed E-state index contributed by atoms with van der Waals surface area (Å²) in [5, 5.41) is 8.60. The summed E-state index contributed by atoms with van der Waals surface area (Å²) >= 11 is 0. The Balaban J connectivity index is 1.42. The molecule has 3 N–H and O–H groups in total. The highest BCUT2D eigenvalue weighted by Crippen LogP contribution is 2.26. The molecular weight excluding hydrogens is 604 g/mol. The van der Waals surface area contributed by atoms with Crippen molar-refractivity contribution in [3.63, 3.8) is 0 Å². The molecule has 1 heterocycles. The lowest BCUT2D eigenvalue weighted by molar-refractivity contribution is -0.127. The van der Waals surface area contributed by atoms with E-state index in [1.54, 1.807) is 7.11 Å². The average Bonchev–Trinajstić information content (AvgIpc) is 3.53. The summed E-state index contributed by atoms with van der Waals surface area (Å²) in [5.41, 5.74) is 6.60. The van der Waals surface area contributed by atoms with Gasteiger partial charge in [0.2, 0.25) is 18.2 Å². The number of unbranched alkanes of at least 4 members (excludes halogenated alkanes) is 7. The van der Waals surface area contributed by atoms with Gasteiger partial charge in [0, 0.05) is 32.3 Å². The van der Waals surface area contributed by atoms with Crippen LogP contribution in [0.15, 0.2) is 36.4 Å². The van der Waals surface area contributed by atoms with Crippen molar-refractivity contribution in [2.45, 2.75) is 129 Å². The highest BCUT2D eigenvalue weighted by Gasteiger charge is 2.28. The Morgan fingerprint density at radius 3 is 2.17 bits per heavy atom. The van der Waals surface area contributed by atoms with Crippen molar-refractivity contribution in [2.24, 2.45) is 0 Å². The van der Waals surface area contributed by atoms with Crippen LogP contribution in [0.4, 0.5) is 0 Å². The molecule has 9 heteroatoms. The summed E-state index contributed by atoms with van der Waals surface area (Å²) in [6, 6.07) is 11.8. The molecule has 3 amide bonds. The molecule has 1 saturated heterocycles. The molecule has 2 aromatic rings. The summed E-state index contributed by atoms with van der Waals surface area (Å²) in [5.74, 6) is -0.215. The molecule has 0 bridgehead atoms. The zero-order valence-corrected chi connectivity index (χ0v) is 29.7. The molecule has 3 unspecified atom stereocenters. The molecule has 0 spiro atoms. The van der Waals surface area contributed by atoms with Gasteiger partial charge in [0.05, 0.1) is 18.2 Å². The fraction of sp³-hybridized carbons (Fsp3) is 0.590. The highest BCUT2D eigenvalue weighted by atomic mass is 16.5. The van der Waals surface area contributed by atoms with Crippen LogP contribution in [0.25, 0.3) is 0 Å². The lowest BCUT2D eigenvalue weighted by atomic mass is 9.93. The van der Waals surface area contributed by atoms with Gasteiger partial charge in [-0.1, -0.05) is 88.3 Å². The third-order valence-corrected chi connectivity index (χ3v) is 9.76. The second-order valence-corrected chi connectivity index (χ2v) is 13.2. The van der Waals surface area contributed by atoms with Gasteiger partial charge in [-0.05, 0) is 80.3 Å². The van der Waals surface area contributed by atoms with E-state index < -0.39 is 6.04 Å². The summed E-state index contributed by atoms with van der Waals surface area (Å²) in [6.45, 7) is 5.94. The first-order chi connectivity index (χ1) is 23.3. The van der Waals surface area contributed by atoms with Crippen molar-refractivity contribution in [1.82, 2.24) is 20.9 Å². The van der Waals surface area contributed by atoms with Gasteiger partial charge < -0.3 is 15.4 Å². The van der Waals surface area contributed by atoms with Crippen LogP contribution < -0.4 is 16.0 Å². The van der Waals surface area contributed by atoms with Crippen LogP contribution in [0, 0.1) is 0 Å². The molecule has 3 rings (SSSR count). The molecule has 1 aliphatic heterocycles. The zero-order chi connectivity index (χ0) is 34.7. The molecular formula is C39H58N4O5. The fourth-order valence-corrected chi connectivity index (χ4v) is 6.86. The molecule has 9 nitrogen and oxygen atoms in total. The minimum absolute atomic E-state index is 0.0581. The number of aldehydes is 1. The van der Waals surface area contributed by atoms with Crippen molar-refractivity contribution < 1.29 is 23.9 Å². The van der Waals surface area contributed by atoms with E-state index in [-0.39, 0.29) is 24.0 Å². The van der Waals surface area contributed by atoms with Crippen molar-refractivity contribution >= 4 is 24.5 Å². The highest BCUT2D eigenvalue weighted by molar-refractivity contribution is 5.89. The first-order valence-electron chi connectivity index (χ1n) is 18.0. The Bertz CT molecular complexity index is 1320. The molecule has 0 aromatic heterocycles. The number of nitrogens with zero attached hydrogens (tertiary/aromatic N) is 1. The molecule has 1 aliphatic rings. The van der Waals surface area contributed by atoms with Crippen LogP contribution in [0.3, 0.4) is 0 Å². The summed E-state index contributed by atoms with van der Waals surface area (Å²) in [7, 11) is 3.69. The maximum Gasteiger partial charge on any atom is 0.243 e. The maximum atomic E-state index is 12.4. The number of carbonyl (C=O) groups is 4. The first kappa shape index (κ1) is 39.0. The van der Waals surface area contributed by atoms with Gasteiger partial charge in [0.25, 0.3) is 0 Å². The zero-order valence-electron chi connectivity index (χ0n) is 29.7. The van der Waals surface area contributed by atoms with Crippen LogP contribution in [0.1, 0.15) is 129 Å². The number of rotatable bonds is 24. The number of amides is 3. The second-order valence-electron chi connectivity index (χ2n) is 13.2. The Hall–Kier alpha value is -3.40. The SMILES string of the molecule is CCCC(NCc1c(CCCCCCCCCCc2cccc(C=O)c2CN(C)C2CCNC2=O)cccc1C(C)OC)C(=O)NC=O. The third-order valence-electron chi connectivity index (χ3n) is 9.76. The van der Waals surface area contributed by atoms with Gasteiger partial charge in [-0.2, -0.15) is 0 Å². The smallest absolute Gasteiger partial charge is 0.243 e. The van der Waals surface area contributed by atoms with Crippen LogP contribution in [-0.2, 0) is 45.1 Å². The topological polar surface area (TPSA) is 117 Å². The largest absolute Gasteiger partial charge is 0.377 e. The van der Waals surface area contributed by atoms with Gasteiger partial charge in [-0.15, -0.1) is 0 Å². The van der Waals surface area contributed by atoms with Crippen LogP contribution in [0.2, 0.25) is 0 Å². The fourth-order valence-electron chi connectivity index (χ4n) is 6.86. The Kier molecular flexibility index (Phi) is 17.5. The minimum Gasteiger partial charge on any atom is -0.377 e. The van der Waals surface area contributed by atoms with Gasteiger partial charge in [-0.3, -0.25) is 29.4 Å². The van der Waals surface area contributed by atoms with Crippen LogP contribution >= 0.6 is 0 Å². The van der Waals surface area contributed by atoms with Crippen molar-refractivity contribution in [3.05, 3.63) is 69.8 Å². The molecule has 48 heavy (non-hydrogen) atoms. The van der Waals surface area contributed by atoms with E-state index in [0.29, 0.717) is 32.5 Å². The molecule has 264 valence electrons. The van der Waals surface area contributed by atoms with Crippen molar-refractivity contribution in [3.8, 4) is 0 Å². The molecule has 0 saturated carbocycles. The Morgan fingerprint density at radius 1 is 0.979 bits per heavy atom. The van der Waals surface area contributed by atoms with Gasteiger partial charge in [0.15, 0.2) is 0 Å². The number of methoxy groups -OCH3 is 1. The summed E-state index contributed by atoms with van der Waals surface area (Å²) in [4.78, 5) is 49.3. The number of imide groups is 1. The predicted octanol–water partition coefficient (Wildman–Crippen LogP) is 5.96. The maximum absolute atomic E-state index is 12.4. The normalized spacial score (nSPS) is 15.7. The second kappa shape index (κ2) is 21.5. The van der Waals surface area contributed by atoms with E-state index in [2.05, 4.69) is 45.1 Å². The van der Waals surface area contributed by atoms with Crippen molar-refractivity contribution in [2.75, 3.05) is 20.7 Å². The third kappa shape index (κ3) is 11.9. The molecule has 3 atom stereocenters. The van der Waals surface area contributed by atoms with E-state index >= 15 is 0 Å². The predicted molar refractivity (Wildman–Crippen MR) is 191 cm³/mol. The summed E-state index contributed by atoms with van der Waals surface area (Å²) < 4.78 is 5.67. The molecule has 1 fully saturated rings. The number of hydrogen-bond acceptors (Lipinski definition) is 7. The number of carbonyl (C=O) groups excluding carboxylic acids is 4. The van der Waals surface area contributed by atoms with Crippen LogP contribution in [-0.4, -0.2) is 62.2 Å².